The average molecular weight is 237 g/mol. The first-order valence-electron chi connectivity index (χ1n) is 5.28. The highest BCUT2D eigenvalue weighted by molar-refractivity contribution is 5.99. The van der Waals surface area contributed by atoms with Gasteiger partial charge in [-0.2, -0.15) is 0 Å². The van der Waals surface area contributed by atoms with Gasteiger partial charge in [0, 0.05) is 18.7 Å². The number of rotatable bonds is 2. The van der Waals surface area contributed by atoms with Crippen molar-refractivity contribution in [1.82, 2.24) is 0 Å². The molecule has 1 aliphatic heterocycles. The number of hydrogen-bond donors (Lipinski definition) is 1. The minimum atomic E-state index is -0.972. The smallest absolute Gasteiger partial charge is 0.308 e. The molecule has 0 unspecified atom stereocenters. The maximum Gasteiger partial charge on any atom is 0.308 e. The van der Waals surface area contributed by atoms with Gasteiger partial charge in [-0.1, -0.05) is 0 Å². The van der Waals surface area contributed by atoms with Crippen LogP contribution in [0.4, 0.5) is 10.1 Å². The third-order valence-corrected chi connectivity index (χ3v) is 2.92. The first-order valence-corrected chi connectivity index (χ1v) is 5.28. The fourth-order valence-corrected chi connectivity index (χ4v) is 2.03. The molecular formula is C12H12FNO3. The van der Waals surface area contributed by atoms with Gasteiger partial charge >= 0.3 is 5.97 Å². The lowest BCUT2D eigenvalue weighted by molar-refractivity contribution is -0.141. The van der Waals surface area contributed by atoms with Crippen molar-refractivity contribution in [1.29, 1.82) is 0 Å². The fourth-order valence-electron chi connectivity index (χ4n) is 2.03. The van der Waals surface area contributed by atoms with Crippen molar-refractivity contribution in [3.63, 3.8) is 0 Å². The number of aliphatic carboxylic acids is 1. The number of halogens is 1. The van der Waals surface area contributed by atoms with Crippen LogP contribution in [0, 0.1) is 18.7 Å². The monoisotopic (exact) mass is 237 g/mol. The average Bonchev–Trinajstić information content (AvgIpc) is 2.61. The van der Waals surface area contributed by atoms with Gasteiger partial charge in [-0.15, -0.1) is 0 Å². The van der Waals surface area contributed by atoms with Crippen LogP contribution >= 0.6 is 0 Å². The lowest BCUT2D eigenvalue weighted by Gasteiger charge is -2.18. The van der Waals surface area contributed by atoms with Crippen molar-refractivity contribution in [2.75, 3.05) is 11.4 Å². The zero-order valence-corrected chi connectivity index (χ0v) is 9.31. The Morgan fingerprint density at radius 2 is 2.24 bits per heavy atom. The van der Waals surface area contributed by atoms with E-state index in [-0.39, 0.29) is 24.7 Å². The Balaban J connectivity index is 2.29. The first-order chi connectivity index (χ1) is 7.99. The summed E-state index contributed by atoms with van der Waals surface area (Å²) in [6.07, 6.45) is 0.00610. The molecule has 0 bridgehead atoms. The molecule has 1 N–H and O–H groups in total. The Morgan fingerprint density at radius 1 is 1.53 bits per heavy atom. The van der Waals surface area contributed by atoms with Crippen LogP contribution in [0.5, 0.6) is 0 Å². The molecule has 17 heavy (non-hydrogen) atoms. The number of amides is 1. The summed E-state index contributed by atoms with van der Waals surface area (Å²) in [5.74, 6) is -2.24. The van der Waals surface area contributed by atoms with Gasteiger partial charge in [0.15, 0.2) is 0 Å². The van der Waals surface area contributed by atoms with Gasteiger partial charge in [-0.05, 0) is 30.7 Å². The van der Waals surface area contributed by atoms with Crippen molar-refractivity contribution in [3.8, 4) is 0 Å². The second-order valence-electron chi connectivity index (χ2n) is 4.17. The maximum absolute atomic E-state index is 12.9. The van der Waals surface area contributed by atoms with Gasteiger partial charge in [0.1, 0.15) is 5.82 Å². The molecule has 1 aromatic carbocycles. The second-order valence-corrected chi connectivity index (χ2v) is 4.17. The molecule has 1 amide bonds. The van der Waals surface area contributed by atoms with Crippen LogP contribution in [-0.4, -0.2) is 23.5 Å². The number of aryl methyl sites for hydroxylation is 1. The van der Waals surface area contributed by atoms with Crippen molar-refractivity contribution >= 4 is 17.6 Å². The van der Waals surface area contributed by atoms with E-state index in [9.17, 15) is 14.0 Å². The van der Waals surface area contributed by atoms with E-state index < -0.39 is 11.9 Å². The quantitative estimate of drug-likeness (QED) is 0.849. The SMILES string of the molecule is Cc1cc(F)ccc1N1C[C@H](C(=O)O)CC1=O. The van der Waals surface area contributed by atoms with Crippen LogP contribution < -0.4 is 4.90 Å². The number of hydrogen-bond acceptors (Lipinski definition) is 2. The normalized spacial score (nSPS) is 19.8. The molecular weight excluding hydrogens is 225 g/mol. The van der Waals surface area contributed by atoms with E-state index in [0.29, 0.717) is 11.3 Å². The summed E-state index contributed by atoms with van der Waals surface area (Å²) in [6.45, 7) is 1.85. The van der Waals surface area contributed by atoms with E-state index in [2.05, 4.69) is 0 Å². The molecule has 2 rings (SSSR count). The highest BCUT2D eigenvalue weighted by Gasteiger charge is 2.35. The molecule has 1 fully saturated rings. The summed E-state index contributed by atoms with van der Waals surface area (Å²) < 4.78 is 12.9. The molecule has 1 aliphatic rings. The molecule has 0 radical (unpaired) electrons. The van der Waals surface area contributed by atoms with Crippen LogP contribution in [0.2, 0.25) is 0 Å². The zero-order valence-electron chi connectivity index (χ0n) is 9.31. The number of benzene rings is 1. The van der Waals surface area contributed by atoms with Crippen molar-refractivity contribution in [2.45, 2.75) is 13.3 Å². The minimum absolute atomic E-state index is 0.00610. The highest BCUT2D eigenvalue weighted by Crippen LogP contribution is 2.28. The molecule has 0 aromatic heterocycles. The Morgan fingerprint density at radius 3 is 2.76 bits per heavy atom. The molecule has 1 aromatic rings. The Hall–Kier alpha value is -1.91. The molecule has 1 heterocycles. The fraction of sp³-hybridized carbons (Fsp3) is 0.333. The number of anilines is 1. The molecule has 4 nitrogen and oxygen atoms in total. The van der Waals surface area contributed by atoms with E-state index in [1.165, 1.54) is 23.1 Å². The topological polar surface area (TPSA) is 57.6 Å². The van der Waals surface area contributed by atoms with Crippen molar-refractivity contribution in [3.05, 3.63) is 29.6 Å². The zero-order chi connectivity index (χ0) is 12.6. The lowest BCUT2D eigenvalue weighted by atomic mass is 10.1. The standard InChI is InChI=1S/C12H12FNO3/c1-7-4-9(13)2-3-10(7)14-6-8(12(16)17)5-11(14)15/h2-4,8H,5-6H2,1H3,(H,16,17)/t8-/m1/s1. The van der Waals surface area contributed by atoms with E-state index in [1.54, 1.807) is 6.92 Å². The summed E-state index contributed by atoms with van der Waals surface area (Å²) in [5, 5.41) is 8.87. The third kappa shape index (κ3) is 2.13. The molecule has 5 heteroatoms. The second kappa shape index (κ2) is 4.16. The van der Waals surface area contributed by atoms with E-state index >= 15 is 0 Å². The van der Waals surface area contributed by atoms with Crippen LogP contribution in [0.3, 0.4) is 0 Å². The van der Waals surface area contributed by atoms with Gasteiger partial charge in [0.2, 0.25) is 5.91 Å². The van der Waals surface area contributed by atoms with Crippen molar-refractivity contribution < 1.29 is 19.1 Å². The molecule has 0 saturated carbocycles. The molecule has 0 aliphatic carbocycles. The van der Waals surface area contributed by atoms with Crippen LogP contribution in [-0.2, 0) is 9.59 Å². The molecule has 1 atom stereocenters. The summed E-state index contributed by atoms with van der Waals surface area (Å²) >= 11 is 0. The van der Waals surface area contributed by atoms with Crippen molar-refractivity contribution in [2.24, 2.45) is 5.92 Å². The minimum Gasteiger partial charge on any atom is -0.481 e. The highest BCUT2D eigenvalue weighted by atomic mass is 19.1. The van der Waals surface area contributed by atoms with Gasteiger partial charge in [0.05, 0.1) is 5.92 Å². The predicted octanol–water partition coefficient (Wildman–Crippen LogP) is 1.57. The Kier molecular flexibility index (Phi) is 2.83. The third-order valence-electron chi connectivity index (χ3n) is 2.92. The van der Waals surface area contributed by atoms with Crippen LogP contribution in [0.1, 0.15) is 12.0 Å². The van der Waals surface area contributed by atoms with E-state index in [0.717, 1.165) is 0 Å². The number of carbonyl (C=O) groups excluding carboxylic acids is 1. The Bertz CT molecular complexity index is 487. The Labute approximate surface area is 97.7 Å². The van der Waals surface area contributed by atoms with E-state index in [1.807, 2.05) is 0 Å². The summed E-state index contributed by atoms with van der Waals surface area (Å²) in [4.78, 5) is 23.9. The maximum atomic E-state index is 12.9. The molecule has 90 valence electrons. The van der Waals surface area contributed by atoms with Gasteiger partial charge < -0.3 is 10.0 Å². The summed E-state index contributed by atoms with van der Waals surface area (Å²) in [6, 6.07) is 4.10. The summed E-state index contributed by atoms with van der Waals surface area (Å²) in [5.41, 5.74) is 1.21. The predicted molar refractivity (Wildman–Crippen MR) is 59.2 cm³/mol. The first kappa shape index (κ1) is 11.6. The lowest BCUT2D eigenvalue weighted by Crippen LogP contribution is -2.26. The largest absolute Gasteiger partial charge is 0.481 e. The molecule has 1 saturated heterocycles. The van der Waals surface area contributed by atoms with Gasteiger partial charge in [-0.25, -0.2) is 4.39 Å². The van der Waals surface area contributed by atoms with E-state index in [4.69, 9.17) is 5.11 Å². The van der Waals surface area contributed by atoms with Crippen LogP contribution in [0.15, 0.2) is 18.2 Å². The number of carboxylic acids is 1. The van der Waals surface area contributed by atoms with Gasteiger partial charge in [-0.3, -0.25) is 9.59 Å². The number of nitrogens with zero attached hydrogens (tertiary/aromatic N) is 1. The summed E-state index contributed by atoms with van der Waals surface area (Å²) in [7, 11) is 0. The van der Waals surface area contributed by atoms with Crippen LogP contribution in [0.25, 0.3) is 0 Å². The number of carboxylic acid groups (broad SMARTS) is 1. The van der Waals surface area contributed by atoms with Gasteiger partial charge in [0.25, 0.3) is 0 Å². The number of carbonyl (C=O) groups is 2. The molecule has 0 spiro atoms.